The van der Waals surface area contributed by atoms with E-state index in [1.54, 1.807) is 6.07 Å². The van der Waals surface area contributed by atoms with Crippen LogP contribution >= 0.6 is 0 Å². The van der Waals surface area contributed by atoms with Gasteiger partial charge < -0.3 is 24.4 Å². The van der Waals surface area contributed by atoms with Crippen molar-refractivity contribution in [2.45, 2.75) is 25.4 Å². The van der Waals surface area contributed by atoms with E-state index in [1.165, 1.54) is 38.5 Å². The van der Waals surface area contributed by atoms with Gasteiger partial charge in [0.25, 0.3) is 20.2 Å². The molecule has 0 heterocycles. The summed E-state index contributed by atoms with van der Waals surface area (Å²) in [7, 11) is -6.02. The quantitative estimate of drug-likeness (QED) is 0.309. The van der Waals surface area contributed by atoms with Crippen LogP contribution in [0.2, 0.25) is 0 Å². The molecule has 4 N–H and O–H groups in total. The van der Waals surface area contributed by atoms with Crippen LogP contribution in [0.15, 0.2) is 30.3 Å². The van der Waals surface area contributed by atoms with Crippen LogP contribution in [0, 0.1) is 0 Å². The molecule has 11 nitrogen and oxygen atoms in total. The topological polar surface area (TPSA) is 177 Å². The molecule has 0 aromatic heterocycles. The van der Waals surface area contributed by atoms with Crippen molar-refractivity contribution in [1.29, 1.82) is 0 Å². The molecule has 1 unspecified atom stereocenters. The summed E-state index contributed by atoms with van der Waals surface area (Å²) in [5.41, 5.74) is 0.618. The van der Waals surface area contributed by atoms with Crippen LogP contribution in [0.25, 0.3) is 0 Å². The van der Waals surface area contributed by atoms with Gasteiger partial charge in [0.15, 0.2) is 23.0 Å². The number of rotatable bonds is 12. The molecule has 2 aromatic carbocycles. The number of aryl methyl sites for hydroxylation is 1. The summed E-state index contributed by atoms with van der Waals surface area (Å²) in [6.45, 7) is 0. The van der Waals surface area contributed by atoms with Crippen molar-refractivity contribution in [3.05, 3.63) is 41.5 Å². The van der Waals surface area contributed by atoms with Crippen molar-refractivity contribution in [2.24, 2.45) is 0 Å². The van der Waals surface area contributed by atoms with Crippen LogP contribution in [0.5, 0.6) is 28.7 Å². The Morgan fingerprint density at radius 1 is 0.848 bits per heavy atom. The number of phenols is 2. The molecular formula is C20H26O11S2. The fraction of sp³-hybridized carbons (Fsp3) is 0.400. The molecule has 2 rings (SSSR count). The lowest BCUT2D eigenvalue weighted by Crippen LogP contribution is -2.29. The zero-order chi connectivity index (χ0) is 24.8. The van der Waals surface area contributed by atoms with E-state index >= 15 is 0 Å². The minimum Gasteiger partial charge on any atom is -0.504 e. The molecule has 0 fully saturated rings. The molecule has 2 aromatic rings. The average Bonchev–Trinajstić information content (AvgIpc) is 2.69. The maximum Gasteiger partial charge on any atom is 0.268 e. The number of ether oxygens (including phenoxy) is 3. The molecular weight excluding hydrogens is 480 g/mol. The normalized spacial score (nSPS) is 12.8. The van der Waals surface area contributed by atoms with E-state index in [0.717, 1.165) is 0 Å². The Kier molecular flexibility index (Phi) is 8.77. The SMILES string of the molecule is COc1cccc(CC(CS(=O)(=O)O)Oc2ccc(CCCS(=O)(=O)O)c(O)c2OC)c1O. The molecule has 0 aliphatic rings. The Hall–Kier alpha value is -2.74. The minimum atomic E-state index is -4.48. The largest absolute Gasteiger partial charge is 0.504 e. The Morgan fingerprint density at radius 2 is 1.55 bits per heavy atom. The first-order valence-corrected chi connectivity index (χ1v) is 12.9. The van der Waals surface area contributed by atoms with Gasteiger partial charge in [-0.15, -0.1) is 0 Å². The summed E-state index contributed by atoms with van der Waals surface area (Å²) >= 11 is 0. The van der Waals surface area contributed by atoms with Crippen LogP contribution in [0.3, 0.4) is 0 Å². The molecule has 0 saturated heterocycles. The molecule has 0 amide bonds. The Labute approximate surface area is 192 Å². The molecule has 0 aliphatic carbocycles. The Balaban J connectivity index is 2.32. The summed E-state index contributed by atoms with van der Waals surface area (Å²) < 4.78 is 79.0. The average molecular weight is 507 g/mol. The van der Waals surface area contributed by atoms with Crippen LogP contribution in [-0.2, 0) is 33.1 Å². The van der Waals surface area contributed by atoms with Crippen molar-refractivity contribution < 1.29 is 50.4 Å². The van der Waals surface area contributed by atoms with Gasteiger partial charge in [-0.2, -0.15) is 16.8 Å². The van der Waals surface area contributed by atoms with Crippen molar-refractivity contribution in [3.63, 3.8) is 0 Å². The van der Waals surface area contributed by atoms with E-state index in [2.05, 4.69) is 0 Å². The van der Waals surface area contributed by atoms with E-state index in [9.17, 15) is 31.6 Å². The van der Waals surface area contributed by atoms with Gasteiger partial charge in [0.2, 0.25) is 5.75 Å². The lowest BCUT2D eigenvalue weighted by molar-refractivity contribution is 0.207. The zero-order valence-electron chi connectivity index (χ0n) is 18.0. The fourth-order valence-electron chi connectivity index (χ4n) is 3.22. The first-order valence-electron chi connectivity index (χ1n) is 9.65. The predicted molar refractivity (Wildman–Crippen MR) is 119 cm³/mol. The summed E-state index contributed by atoms with van der Waals surface area (Å²) in [4.78, 5) is 0. The third-order valence-corrected chi connectivity index (χ3v) is 6.27. The number of aromatic hydroxyl groups is 2. The minimum absolute atomic E-state index is 0.0374. The predicted octanol–water partition coefficient (Wildman–Crippen LogP) is 1.81. The summed E-state index contributed by atoms with van der Waals surface area (Å²) in [6.07, 6.45) is -1.18. The second kappa shape index (κ2) is 10.9. The monoisotopic (exact) mass is 506 g/mol. The summed E-state index contributed by atoms with van der Waals surface area (Å²) in [6, 6.07) is 7.46. The second-order valence-electron chi connectivity index (χ2n) is 7.15. The first kappa shape index (κ1) is 26.5. The van der Waals surface area contributed by atoms with Gasteiger partial charge in [0.05, 0.1) is 20.0 Å². The molecule has 13 heteroatoms. The van der Waals surface area contributed by atoms with E-state index in [-0.39, 0.29) is 48.0 Å². The Morgan fingerprint density at radius 3 is 2.12 bits per heavy atom. The number of benzene rings is 2. The van der Waals surface area contributed by atoms with E-state index in [1.807, 2.05) is 0 Å². The molecule has 0 spiro atoms. The molecule has 33 heavy (non-hydrogen) atoms. The smallest absolute Gasteiger partial charge is 0.268 e. The number of hydrogen-bond donors (Lipinski definition) is 4. The summed E-state index contributed by atoms with van der Waals surface area (Å²) in [5.74, 6) is -1.87. The van der Waals surface area contributed by atoms with Crippen molar-refractivity contribution in [1.82, 2.24) is 0 Å². The van der Waals surface area contributed by atoms with Gasteiger partial charge in [-0.25, -0.2) is 0 Å². The molecule has 0 aliphatic heterocycles. The van der Waals surface area contributed by atoms with Gasteiger partial charge in [-0.3, -0.25) is 9.11 Å². The zero-order valence-corrected chi connectivity index (χ0v) is 19.6. The van der Waals surface area contributed by atoms with E-state index < -0.39 is 37.8 Å². The highest BCUT2D eigenvalue weighted by Crippen LogP contribution is 2.40. The maximum atomic E-state index is 11.5. The van der Waals surface area contributed by atoms with Crippen molar-refractivity contribution in [3.8, 4) is 28.7 Å². The molecule has 184 valence electrons. The third kappa shape index (κ3) is 7.96. The molecule has 0 saturated carbocycles. The lowest BCUT2D eigenvalue weighted by atomic mass is 10.1. The van der Waals surface area contributed by atoms with Crippen LogP contribution in [-0.4, -0.2) is 68.0 Å². The molecule has 0 bridgehead atoms. The highest BCUT2D eigenvalue weighted by atomic mass is 32.2. The van der Waals surface area contributed by atoms with Crippen LogP contribution in [0.4, 0.5) is 0 Å². The lowest BCUT2D eigenvalue weighted by Gasteiger charge is -2.21. The van der Waals surface area contributed by atoms with Crippen molar-refractivity contribution >= 4 is 20.2 Å². The number of para-hydroxylation sites is 1. The molecule has 0 radical (unpaired) electrons. The van der Waals surface area contributed by atoms with Crippen LogP contribution < -0.4 is 14.2 Å². The van der Waals surface area contributed by atoms with Gasteiger partial charge in [-0.05, 0) is 30.5 Å². The number of methoxy groups -OCH3 is 2. The molecule has 1 atom stereocenters. The van der Waals surface area contributed by atoms with E-state index in [4.69, 9.17) is 18.8 Å². The summed E-state index contributed by atoms with van der Waals surface area (Å²) in [5, 5.41) is 20.8. The highest BCUT2D eigenvalue weighted by Gasteiger charge is 2.25. The number of hydrogen-bond acceptors (Lipinski definition) is 9. The van der Waals surface area contributed by atoms with Gasteiger partial charge in [0, 0.05) is 12.0 Å². The van der Waals surface area contributed by atoms with Gasteiger partial charge in [-0.1, -0.05) is 18.2 Å². The van der Waals surface area contributed by atoms with Gasteiger partial charge in [0.1, 0.15) is 11.9 Å². The Bertz CT molecular complexity index is 1170. The highest BCUT2D eigenvalue weighted by molar-refractivity contribution is 7.86. The third-order valence-electron chi connectivity index (χ3n) is 4.67. The van der Waals surface area contributed by atoms with E-state index in [0.29, 0.717) is 11.1 Å². The fourth-order valence-corrected chi connectivity index (χ4v) is 4.39. The second-order valence-corrected chi connectivity index (χ2v) is 10.2. The van der Waals surface area contributed by atoms with Crippen molar-refractivity contribution in [2.75, 3.05) is 25.7 Å². The van der Waals surface area contributed by atoms with Gasteiger partial charge >= 0.3 is 0 Å². The van der Waals surface area contributed by atoms with Crippen LogP contribution in [0.1, 0.15) is 17.5 Å². The number of phenolic OH excluding ortho intramolecular Hbond substituents is 2. The standard InChI is InChI=1S/C20H26O11S2/c1-29-16-7-3-5-14(18(16)21)11-15(12-33(26,27)28)31-17-9-8-13(19(22)20(17)30-2)6-4-10-32(23,24)25/h3,5,7-9,15,21-22H,4,6,10-12H2,1-2H3,(H,23,24,25)(H,26,27,28). The first-order chi connectivity index (χ1) is 15.3. The maximum absolute atomic E-state index is 11.5.